The van der Waals surface area contributed by atoms with E-state index < -0.39 is 26.6 Å². The van der Waals surface area contributed by atoms with Gasteiger partial charge in [-0.25, -0.2) is 0 Å². The van der Waals surface area contributed by atoms with Crippen molar-refractivity contribution in [1.29, 1.82) is 0 Å². The van der Waals surface area contributed by atoms with Crippen LogP contribution in [0.4, 0.5) is 0 Å². The summed E-state index contributed by atoms with van der Waals surface area (Å²) in [6.07, 6.45) is 62.8. The zero-order valence-electron chi connectivity index (χ0n) is 45.2. The Morgan fingerprint density at radius 2 is 0.942 bits per heavy atom. The van der Waals surface area contributed by atoms with Crippen molar-refractivity contribution >= 4 is 19.7 Å². The predicted octanol–water partition coefficient (Wildman–Crippen LogP) is 16.0. The number of hydrogen-bond acceptors (Lipinski definition) is 7. The SMILES string of the molecule is CC/C=C/C/C=C/C/C=C/C/C=C/C/C=C/CCC(=O)NC(COP(=O)([O-])OCC[N+](C)(C)C)C(/C=C/CCCCCCCCCCCC)OC(=O)CCCCCCCCC/C=C\CCCCCC. The van der Waals surface area contributed by atoms with E-state index in [1.54, 1.807) is 6.08 Å². The number of hydrogen-bond donors (Lipinski definition) is 1. The Balaban J connectivity index is 5.50. The maximum absolute atomic E-state index is 13.4. The van der Waals surface area contributed by atoms with Crippen LogP contribution in [0, 0.1) is 0 Å². The highest BCUT2D eigenvalue weighted by molar-refractivity contribution is 7.45. The van der Waals surface area contributed by atoms with E-state index in [-0.39, 0.29) is 31.3 Å². The van der Waals surface area contributed by atoms with E-state index in [1.807, 2.05) is 39.4 Å². The third-order valence-corrected chi connectivity index (χ3v) is 12.8. The van der Waals surface area contributed by atoms with Gasteiger partial charge in [-0.15, -0.1) is 0 Å². The first-order chi connectivity index (χ1) is 33.4. The molecule has 0 aromatic carbocycles. The van der Waals surface area contributed by atoms with Gasteiger partial charge in [0.25, 0.3) is 7.82 Å². The van der Waals surface area contributed by atoms with Gasteiger partial charge in [-0.05, 0) is 89.5 Å². The third-order valence-electron chi connectivity index (χ3n) is 11.8. The molecule has 0 aliphatic heterocycles. The molecule has 69 heavy (non-hydrogen) atoms. The highest BCUT2D eigenvalue weighted by atomic mass is 31.2. The zero-order valence-corrected chi connectivity index (χ0v) is 46.1. The van der Waals surface area contributed by atoms with Gasteiger partial charge < -0.3 is 28.5 Å². The molecule has 1 N–H and O–H groups in total. The molecular formula is C59H105N2O7P. The second kappa shape index (κ2) is 48.8. The molecule has 10 heteroatoms. The van der Waals surface area contributed by atoms with Crippen molar-refractivity contribution in [1.82, 2.24) is 5.32 Å². The molecule has 0 aromatic rings. The van der Waals surface area contributed by atoms with Crippen LogP contribution in [0.3, 0.4) is 0 Å². The van der Waals surface area contributed by atoms with Crippen LogP contribution in [0.2, 0.25) is 0 Å². The maximum Gasteiger partial charge on any atom is 0.306 e. The van der Waals surface area contributed by atoms with Crippen LogP contribution in [-0.2, 0) is 27.9 Å². The molecule has 0 heterocycles. The Kier molecular flexibility index (Phi) is 46.8. The van der Waals surface area contributed by atoms with E-state index >= 15 is 0 Å². The van der Waals surface area contributed by atoms with Gasteiger partial charge >= 0.3 is 5.97 Å². The van der Waals surface area contributed by atoms with E-state index in [0.29, 0.717) is 23.9 Å². The van der Waals surface area contributed by atoms with Gasteiger partial charge in [-0.2, -0.15) is 0 Å². The largest absolute Gasteiger partial charge is 0.756 e. The summed E-state index contributed by atoms with van der Waals surface area (Å²) in [6.45, 7) is 6.64. The number of allylic oxidation sites excluding steroid dienone is 13. The third kappa shape index (κ3) is 49.9. The molecule has 9 nitrogen and oxygen atoms in total. The van der Waals surface area contributed by atoms with E-state index in [0.717, 1.165) is 77.0 Å². The molecule has 1 amide bonds. The normalized spacial score (nSPS) is 14.5. The second-order valence-corrected chi connectivity index (χ2v) is 21.1. The highest BCUT2D eigenvalue weighted by Gasteiger charge is 2.27. The highest BCUT2D eigenvalue weighted by Crippen LogP contribution is 2.38. The molecule has 0 saturated heterocycles. The minimum Gasteiger partial charge on any atom is -0.756 e. The lowest BCUT2D eigenvalue weighted by Gasteiger charge is -2.30. The monoisotopic (exact) mass is 985 g/mol. The summed E-state index contributed by atoms with van der Waals surface area (Å²) < 4.78 is 30.1. The molecule has 0 radical (unpaired) electrons. The first kappa shape index (κ1) is 66.2. The molecule has 0 saturated carbocycles. The summed E-state index contributed by atoms with van der Waals surface area (Å²) in [6, 6.07) is -0.932. The van der Waals surface area contributed by atoms with Crippen LogP contribution in [0.1, 0.15) is 226 Å². The molecular weight excluding hydrogens is 880 g/mol. The molecule has 0 rings (SSSR count). The van der Waals surface area contributed by atoms with Crippen molar-refractivity contribution in [3.63, 3.8) is 0 Å². The predicted molar refractivity (Wildman–Crippen MR) is 293 cm³/mol. The lowest BCUT2D eigenvalue weighted by atomic mass is 10.1. The second-order valence-electron chi connectivity index (χ2n) is 19.7. The Hall–Kier alpha value is -2.81. The van der Waals surface area contributed by atoms with E-state index in [2.05, 4.69) is 86.8 Å². The van der Waals surface area contributed by atoms with E-state index in [1.165, 1.54) is 103 Å². The number of carbonyl (C=O) groups excluding carboxylic acids is 2. The summed E-state index contributed by atoms with van der Waals surface area (Å²) >= 11 is 0. The number of phosphoric acid groups is 1. The fourth-order valence-electron chi connectivity index (χ4n) is 7.50. The van der Waals surface area contributed by atoms with Crippen LogP contribution in [-0.4, -0.2) is 69.4 Å². The number of nitrogens with one attached hydrogen (secondary N) is 1. The standard InChI is InChI=1S/C59H105N2O7P/c1-7-10-13-16-19-22-25-28-30-32-33-36-39-42-45-48-51-58(62)60-56(55-67-69(64,65)66-54-53-61(4,5)6)57(50-47-44-41-38-35-27-24-21-18-15-12-9-3)68-59(63)52-49-46-43-40-37-34-31-29-26-23-20-17-14-11-8-2/h10,13,19,22-23,26,28,30,33,36,42,45,47,50,56-57H,7-9,11-12,14-18,20-21,24-25,27,29,31-32,34-35,37-41,43-44,46,48-49,51-55H2,1-6H3,(H-,60,62,64,65)/b13-10+,22-19+,26-23-,30-28+,36-33+,45-42+,50-47+. The summed E-state index contributed by atoms with van der Waals surface area (Å²) in [5, 5.41) is 2.96. The lowest BCUT2D eigenvalue weighted by molar-refractivity contribution is -0.870. The molecule has 398 valence electrons. The molecule has 3 unspecified atom stereocenters. The summed E-state index contributed by atoms with van der Waals surface area (Å²) in [5.41, 5.74) is 0. The number of phosphoric ester groups is 1. The smallest absolute Gasteiger partial charge is 0.306 e. The van der Waals surface area contributed by atoms with Crippen LogP contribution < -0.4 is 10.2 Å². The molecule has 0 fully saturated rings. The summed E-state index contributed by atoms with van der Waals surface area (Å²) in [5.74, 6) is -0.647. The number of likely N-dealkylation sites (N-methyl/N-ethyl adjacent to an activating group) is 1. The van der Waals surface area contributed by atoms with Gasteiger partial charge in [0, 0.05) is 12.8 Å². The Bertz CT molecular complexity index is 1460. The quantitative estimate of drug-likeness (QED) is 0.0212. The number of esters is 1. The molecule has 0 spiro atoms. The van der Waals surface area contributed by atoms with Gasteiger partial charge in [0.1, 0.15) is 19.3 Å². The first-order valence-corrected chi connectivity index (χ1v) is 29.4. The number of ether oxygens (including phenoxy) is 1. The van der Waals surface area contributed by atoms with Crippen molar-refractivity contribution < 1.29 is 37.3 Å². The summed E-state index contributed by atoms with van der Waals surface area (Å²) in [4.78, 5) is 39.8. The number of carbonyl (C=O) groups is 2. The Morgan fingerprint density at radius 3 is 1.43 bits per heavy atom. The maximum atomic E-state index is 13.4. The number of quaternary nitrogens is 1. The average Bonchev–Trinajstić information content (AvgIpc) is 3.31. The number of nitrogens with zero attached hydrogens (tertiary/aromatic N) is 1. The number of rotatable bonds is 49. The average molecular weight is 985 g/mol. The molecule has 0 aliphatic carbocycles. The van der Waals surface area contributed by atoms with Gasteiger partial charge in [-0.1, -0.05) is 209 Å². The minimum atomic E-state index is -4.72. The van der Waals surface area contributed by atoms with Crippen LogP contribution >= 0.6 is 7.82 Å². The van der Waals surface area contributed by atoms with Crippen LogP contribution in [0.25, 0.3) is 0 Å². The molecule has 0 aromatic heterocycles. The van der Waals surface area contributed by atoms with Crippen LogP contribution in [0.5, 0.6) is 0 Å². The first-order valence-electron chi connectivity index (χ1n) is 27.9. The van der Waals surface area contributed by atoms with Crippen molar-refractivity contribution in [2.24, 2.45) is 0 Å². The van der Waals surface area contributed by atoms with Gasteiger partial charge in [-0.3, -0.25) is 14.2 Å². The van der Waals surface area contributed by atoms with Gasteiger partial charge in [0.15, 0.2) is 0 Å². The van der Waals surface area contributed by atoms with Crippen LogP contribution in [0.15, 0.2) is 85.1 Å². The van der Waals surface area contributed by atoms with E-state index in [9.17, 15) is 19.0 Å². The van der Waals surface area contributed by atoms with E-state index in [4.69, 9.17) is 13.8 Å². The summed E-state index contributed by atoms with van der Waals surface area (Å²) in [7, 11) is 1.13. The Labute approximate surface area is 425 Å². The fraction of sp³-hybridized carbons (Fsp3) is 0.729. The lowest BCUT2D eigenvalue weighted by Crippen LogP contribution is -2.47. The number of unbranched alkanes of at least 4 members (excludes halogenated alkanes) is 21. The molecule has 3 atom stereocenters. The topological polar surface area (TPSA) is 114 Å². The van der Waals surface area contributed by atoms with Gasteiger partial charge in [0.05, 0.1) is 33.8 Å². The van der Waals surface area contributed by atoms with Crippen molar-refractivity contribution in [2.45, 2.75) is 238 Å². The van der Waals surface area contributed by atoms with Gasteiger partial charge in [0.2, 0.25) is 5.91 Å². The van der Waals surface area contributed by atoms with Crippen molar-refractivity contribution in [3.8, 4) is 0 Å². The Morgan fingerprint density at radius 1 is 0.522 bits per heavy atom. The zero-order chi connectivity index (χ0) is 50.8. The number of amides is 1. The van der Waals surface area contributed by atoms with Crippen molar-refractivity contribution in [2.75, 3.05) is 40.9 Å². The fourth-order valence-corrected chi connectivity index (χ4v) is 8.23. The molecule has 0 bridgehead atoms. The van der Waals surface area contributed by atoms with Crippen molar-refractivity contribution in [3.05, 3.63) is 85.1 Å². The minimum absolute atomic E-state index is 0.0394. The molecule has 0 aliphatic rings.